The van der Waals surface area contributed by atoms with Gasteiger partial charge in [-0.2, -0.15) is 0 Å². The molecule has 2 aliphatic rings. The van der Waals surface area contributed by atoms with Crippen molar-refractivity contribution < 1.29 is 9.53 Å². The molecule has 0 aromatic carbocycles. The summed E-state index contributed by atoms with van der Waals surface area (Å²) in [7, 11) is 0. The molecule has 3 atom stereocenters. The number of nitrogens with zero attached hydrogens (tertiary/aromatic N) is 1. The lowest BCUT2D eigenvalue weighted by Crippen LogP contribution is -2.49. The predicted molar refractivity (Wildman–Crippen MR) is 76.1 cm³/mol. The molecule has 4 nitrogen and oxygen atoms in total. The first-order chi connectivity index (χ1) is 8.85. The van der Waals surface area contributed by atoms with Crippen molar-refractivity contribution in [2.24, 2.45) is 11.8 Å². The number of carbonyl (C=O) groups excluding carboxylic acids is 1. The van der Waals surface area contributed by atoms with Crippen molar-refractivity contribution in [2.45, 2.75) is 58.6 Å². The van der Waals surface area contributed by atoms with Crippen LogP contribution in [0.2, 0.25) is 0 Å². The van der Waals surface area contributed by atoms with Crippen LogP contribution in [0.4, 0.5) is 4.79 Å². The Balaban J connectivity index is 1.74. The van der Waals surface area contributed by atoms with E-state index < -0.39 is 5.60 Å². The van der Waals surface area contributed by atoms with Gasteiger partial charge in [0, 0.05) is 19.1 Å². The summed E-state index contributed by atoms with van der Waals surface area (Å²) in [6, 6.07) is 0.439. The van der Waals surface area contributed by atoms with E-state index in [1.807, 2.05) is 25.7 Å². The molecule has 0 bridgehead atoms. The minimum Gasteiger partial charge on any atom is -0.444 e. The van der Waals surface area contributed by atoms with Gasteiger partial charge in [-0.05, 0) is 58.4 Å². The SMILES string of the molecule is CC1CC1CNC1CCCN(C(=O)OC(C)(C)C)C1. The fourth-order valence-electron chi connectivity index (χ4n) is 2.64. The van der Waals surface area contributed by atoms with Crippen molar-refractivity contribution >= 4 is 6.09 Å². The van der Waals surface area contributed by atoms with E-state index in [-0.39, 0.29) is 6.09 Å². The van der Waals surface area contributed by atoms with Crippen molar-refractivity contribution in [2.75, 3.05) is 19.6 Å². The molecule has 0 aromatic heterocycles. The molecule has 2 rings (SSSR count). The highest BCUT2D eigenvalue weighted by molar-refractivity contribution is 5.68. The van der Waals surface area contributed by atoms with E-state index in [2.05, 4.69) is 12.2 Å². The van der Waals surface area contributed by atoms with Crippen molar-refractivity contribution in [3.8, 4) is 0 Å². The summed E-state index contributed by atoms with van der Waals surface area (Å²) in [6.45, 7) is 10.8. The third-order valence-corrected chi connectivity index (χ3v) is 4.02. The molecule has 1 aliphatic carbocycles. The number of rotatable bonds is 3. The van der Waals surface area contributed by atoms with Crippen LogP contribution in [0.1, 0.15) is 47.0 Å². The van der Waals surface area contributed by atoms with Gasteiger partial charge in [0.1, 0.15) is 5.60 Å². The van der Waals surface area contributed by atoms with Crippen molar-refractivity contribution in [1.29, 1.82) is 0 Å². The second-order valence-corrected chi connectivity index (χ2v) is 7.15. The normalized spacial score (nSPS) is 31.2. The van der Waals surface area contributed by atoms with E-state index in [0.717, 1.165) is 37.9 Å². The number of carbonyl (C=O) groups is 1. The fraction of sp³-hybridized carbons (Fsp3) is 0.933. The lowest BCUT2D eigenvalue weighted by Gasteiger charge is -2.34. The van der Waals surface area contributed by atoms with Crippen molar-refractivity contribution in [3.05, 3.63) is 0 Å². The largest absolute Gasteiger partial charge is 0.444 e. The van der Waals surface area contributed by atoms with Crippen LogP contribution in [-0.4, -0.2) is 42.3 Å². The molecule has 2 fully saturated rings. The number of likely N-dealkylation sites (tertiary alicyclic amines) is 1. The average Bonchev–Trinajstić information content (AvgIpc) is 3.01. The first kappa shape index (κ1) is 14.6. The Morgan fingerprint density at radius 3 is 2.68 bits per heavy atom. The summed E-state index contributed by atoms with van der Waals surface area (Å²) in [4.78, 5) is 13.9. The van der Waals surface area contributed by atoms with Crippen LogP contribution in [0, 0.1) is 11.8 Å². The van der Waals surface area contributed by atoms with E-state index in [0.29, 0.717) is 6.04 Å². The molecule has 4 heteroatoms. The zero-order valence-electron chi connectivity index (χ0n) is 12.7. The molecule has 0 spiro atoms. The zero-order valence-corrected chi connectivity index (χ0v) is 12.7. The third kappa shape index (κ3) is 4.68. The predicted octanol–water partition coefficient (Wildman–Crippen LogP) is 2.63. The Bertz CT molecular complexity index is 325. The number of piperidine rings is 1. The molecule has 110 valence electrons. The second kappa shape index (κ2) is 5.70. The zero-order chi connectivity index (χ0) is 14.0. The maximum atomic E-state index is 12.0. The number of ether oxygens (including phenoxy) is 1. The Hall–Kier alpha value is -0.770. The van der Waals surface area contributed by atoms with E-state index in [1.165, 1.54) is 12.8 Å². The van der Waals surface area contributed by atoms with Gasteiger partial charge in [-0.1, -0.05) is 6.92 Å². The highest BCUT2D eigenvalue weighted by Crippen LogP contribution is 2.36. The summed E-state index contributed by atoms with van der Waals surface area (Å²) in [6.07, 6.45) is 3.42. The van der Waals surface area contributed by atoms with Crippen LogP contribution in [0.3, 0.4) is 0 Å². The van der Waals surface area contributed by atoms with Gasteiger partial charge in [0.15, 0.2) is 0 Å². The minimum atomic E-state index is -0.402. The number of hydrogen-bond donors (Lipinski definition) is 1. The summed E-state index contributed by atoms with van der Waals surface area (Å²) in [5.74, 6) is 1.75. The Morgan fingerprint density at radius 2 is 2.11 bits per heavy atom. The topological polar surface area (TPSA) is 41.6 Å². The summed E-state index contributed by atoms with van der Waals surface area (Å²) >= 11 is 0. The van der Waals surface area contributed by atoms with Crippen LogP contribution >= 0.6 is 0 Å². The highest BCUT2D eigenvalue weighted by atomic mass is 16.6. The van der Waals surface area contributed by atoms with E-state index in [1.54, 1.807) is 0 Å². The fourth-order valence-corrected chi connectivity index (χ4v) is 2.64. The molecule has 1 saturated carbocycles. The number of amides is 1. The quantitative estimate of drug-likeness (QED) is 0.855. The molecule has 19 heavy (non-hydrogen) atoms. The van der Waals surface area contributed by atoms with Crippen molar-refractivity contribution in [3.63, 3.8) is 0 Å². The van der Waals surface area contributed by atoms with Crippen LogP contribution in [0.25, 0.3) is 0 Å². The Morgan fingerprint density at radius 1 is 1.42 bits per heavy atom. The number of hydrogen-bond acceptors (Lipinski definition) is 3. The van der Waals surface area contributed by atoms with Gasteiger partial charge in [0.2, 0.25) is 0 Å². The van der Waals surface area contributed by atoms with Crippen LogP contribution < -0.4 is 5.32 Å². The van der Waals surface area contributed by atoms with E-state index in [4.69, 9.17) is 4.74 Å². The monoisotopic (exact) mass is 268 g/mol. The van der Waals surface area contributed by atoms with Gasteiger partial charge < -0.3 is 15.0 Å². The average molecular weight is 268 g/mol. The molecule has 0 radical (unpaired) electrons. The van der Waals surface area contributed by atoms with Gasteiger partial charge in [0.25, 0.3) is 0 Å². The minimum absolute atomic E-state index is 0.168. The van der Waals surface area contributed by atoms with E-state index >= 15 is 0 Å². The molecule has 1 saturated heterocycles. The molecular weight excluding hydrogens is 240 g/mol. The first-order valence-corrected chi connectivity index (χ1v) is 7.56. The number of nitrogens with one attached hydrogen (secondary N) is 1. The lowest BCUT2D eigenvalue weighted by atomic mass is 10.1. The molecule has 1 N–H and O–H groups in total. The maximum absolute atomic E-state index is 12.0. The van der Waals surface area contributed by atoms with Crippen molar-refractivity contribution in [1.82, 2.24) is 10.2 Å². The molecule has 3 unspecified atom stereocenters. The summed E-state index contributed by atoms with van der Waals surface area (Å²) < 4.78 is 5.44. The molecule has 1 aliphatic heterocycles. The third-order valence-electron chi connectivity index (χ3n) is 4.02. The smallest absolute Gasteiger partial charge is 0.410 e. The first-order valence-electron chi connectivity index (χ1n) is 7.56. The Kier molecular flexibility index (Phi) is 4.39. The van der Waals surface area contributed by atoms with Gasteiger partial charge in [-0.25, -0.2) is 4.79 Å². The van der Waals surface area contributed by atoms with Gasteiger partial charge in [-0.15, -0.1) is 0 Å². The highest BCUT2D eigenvalue weighted by Gasteiger charge is 2.33. The van der Waals surface area contributed by atoms with Crippen LogP contribution in [0.5, 0.6) is 0 Å². The molecule has 0 aromatic rings. The standard InChI is InChI=1S/C15H28N2O2/c1-11-8-12(11)9-16-13-6-5-7-17(10-13)14(18)19-15(2,3)4/h11-13,16H,5-10H2,1-4H3. The Labute approximate surface area is 116 Å². The molecular formula is C15H28N2O2. The van der Waals surface area contributed by atoms with E-state index in [9.17, 15) is 4.79 Å². The van der Waals surface area contributed by atoms with Crippen LogP contribution in [0.15, 0.2) is 0 Å². The van der Waals surface area contributed by atoms with Gasteiger partial charge in [-0.3, -0.25) is 0 Å². The molecule has 1 amide bonds. The maximum Gasteiger partial charge on any atom is 0.410 e. The van der Waals surface area contributed by atoms with Gasteiger partial charge >= 0.3 is 6.09 Å². The summed E-state index contributed by atoms with van der Waals surface area (Å²) in [5, 5.41) is 3.61. The summed E-state index contributed by atoms with van der Waals surface area (Å²) in [5.41, 5.74) is -0.402. The van der Waals surface area contributed by atoms with Crippen LogP contribution in [-0.2, 0) is 4.74 Å². The molecule has 1 heterocycles. The van der Waals surface area contributed by atoms with Gasteiger partial charge in [0.05, 0.1) is 0 Å². The lowest BCUT2D eigenvalue weighted by molar-refractivity contribution is 0.0187. The second-order valence-electron chi connectivity index (χ2n) is 7.15.